The number of para-hydroxylation sites is 1. The van der Waals surface area contributed by atoms with Gasteiger partial charge in [-0.05, 0) is 54.8 Å². The summed E-state index contributed by atoms with van der Waals surface area (Å²) in [5, 5.41) is 18.6. The quantitative estimate of drug-likeness (QED) is 0.128. The molecule has 4 aromatic rings. The van der Waals surface area contributed by atoms with Crippen LogP contribution in [0.1, 0.15) is 29.5 Å². The number of nitrogens with zero attached hydrogens (tertiary/aromatic N) is 5. The van der Waals surface area contributed by atoms with E-state index in [0.717, 1.165) is 35.4 Å². The van der Waals surface area contributed by atoms with Crippen LogP contribution in [0, 0.1) is 5.82 Å². The first-order valence-corrected chi connectivity index (χ1v) is 14.3. The van der Waals surface area contributed by atoms with E-state index >= 15 is 0 Å². The number of hydrazone groups is 1. The van der Waals surface area contributed by atoms with E-state index < -0.39 is 0 Å². The number of piperazine rings is 1. The summed E-state index contributed by atoms with van der Waals surface area (Å²) >= 11 is 0. The molecule has 1 saturated heterocycles. The number of aromatic hydroxyl groups is 1. The number of carbonyl (C=O) groups excluding carboxylic acids is 1. The SMILES string of the molecule is C=C(C)Cc1cccc(C=NNC(=O)CN2CCN(Cc3nc(-c4ccc(COc5ccc(F)cc5)cc4)no3)CC2)c1O.Cl. The van der Waals surface area contributed by atoms with Crippen molar-refractivity contribution in [2.75, 3.05) is 32.7 Å². The van der Waals surface area contributed by atoms with E-state index in [9.17, 15) is 14.3 Å². The van der Waals surface area contributed by atoms with Crippen molar-refractivity contribution in [2.45, 2.75) is 26.5 Å². The molecule has 12 heteroatoms. The standard InChI is InChI=1S/C33H35FN6O4.ClH/c1-23(2)18-26-4-3-5-27(32(26)42)19-35-37-30(41)20-39-14-16-40(17-15-39)21-31-36-33(38-44-31)25-8-6-24(7-9-25)22-43-29-12-10-28(34)11-13-29;/h3-13,19,42H,1,14-18,20-22H2,2H3,(H,37,41);1H. The Morgan fingerprint density at radius 3 is 2.51 bits per heavy atom. The molecule has 0 radical (unpaired) electrons. The summed E-state index contributed by atoms with van der Waals surface area (Å²) in [4.78, 5) is 21.3. The van der Waals surface area contributed by atoms with Gasteiger partial charge in [0.15, 0.2) is 0 Å². The maximum absolute atomic E-state index is 13.1. The van der Waals surface area contributed by atoms with Crippen LogP contribution in [0.15, 0.2) is 88.5 Å². The summed E-state index contributed by atoms with van der Waals surface area (Å²) in [5.41, 5.74) is 6.59. The molecule has 2 heterocycles. The summed E-state index contributed by atoms with van der Waals surface area (Å²) in [5.74, 6) is 1.26. The highest BCUT2D eigenvalue weighted by atomic mass is 35.5. The molecule has 1 aliphatic heterocycles. The molecule has 10 nitrogen and oxygen atoms in total. The number of ether oxygens (including phenoxy) is 1. The lowest BCUT2D eigenvalue weighted by Gasteiger charge is -2.33. The fourth-order valence-corrected chi connectivity index (χ4v) is 4.78. The summed E-state index contributed by atoms with van der Waals surface area (Å²) in [7, 11) is 0. The van der Waals surface area contributed by atoms with Crippen LogP contribution in [-0.2, 0) is 24.4 Å². The van der Waals surface area contributed by atoms with Gasteiger partial charge < -0.3 is 14.4 Å². The number of aromatic nitrogens is 2. The first-order valence-electron chi connectivity index (χ1n) is 14.3. The molecule has 5 rings (SSSR count). The van der Waals surface area contributed by atoms with Crippen molar-refractivity contribution in [3.8, 4) is 22.9 Å². The normalized spacial score (nSPS) is 13.8. The molecule has 0 aliphatic carbocycles. The molecular formula is C33H36ClFN6O4. The summed E-state index contributed by atoms with van der Waals surface area (Å²) in [6.07, 6.45) is 2.02. The van der Waals surface area contributed by atoms with Crippen molar-refractivity contribution in [2.24, 2.45) is 5.10 Å². The van der Waals surface area contributed by atoms with Crippen molar-refractivity contribution in [3.63, 3.8) is 0 Å². The van der Waals surface area contributed by atoms with Crippen LogP contribution in [0.2, 0.25) is 0 Å². The van der Waals surface area contributed by atoms with Gasteiger partial charge in [-0.25, -0.2) is 9.82 Å². The van der Waals surface area contributed by atoms with Gasteiger partial charge in [-0.15, -0.1) is 12.4 Å². The molecule has 3 aromatic carbocycles. The number of phenolic OH excluding ortho intramolecular Hbond substituents is 1. The van der Waals surface area contributed by atoms with Crippen LogP contribution >= 0.6 is 12.4 Å². The van der Waals surface area contributed by atoms with E-state index in [2.05, 4.69) is 37.0 Å². The summed E-state index contributed by atoms with van der Waals surface area (Å²) in [6, 6.07) is 19.0. The fraction of sp³-hybridized carbons (Fsp3) is 0.273. The predicted octanol–water partition coefficient (Wildman–Crippen LogP) is 4.97. The number of amides is 1. The highest BCUT2D eigenvalue weighted by Crippen LogP contribution is 2.23. The summed E-state index contributed by atoms with van der Waals surface area (Å²) < 4.78 is 24.3. The highest BCUT2D eigenvalue weighted by Gasteiger charge is 2.21. The first-order chi connectivity index (χ1) is 21.3. The molecule has 0 bridgehead atoms. The maximum Gasteiger partial charge on any atom is 0.254 e. The Morgan fingerprint density at radius 2 is 1.80 bits per heavy atom. The van der Waals surface area contributed by atoms with Gasteiger partial charge in [-0.3, -0.25) is 14.6 Å². The topological polar surface area (TPSA) is 116 Å². The lowest BCUT2D eigenvalue weighted by Crippen LogP contribution is -2.48. The second kappa shape index (κ2) is 15.9. The zero-order valence-corrected chi connectivity index (χ0v) is 25.8. The number of allylic oxidation sites excluding steroid dienone is 1. The number of hydrogen-bond acceptors (Lipinski definition) is 9. The minimum absolute atomic E-state index is 0. The van der Waals surface area contributed by atoms with Gasteiger partial charge in [-0.1, -0.05) is 53.7 Å². The highest BCUT2D eigenvalue weighted by molar-refractivity contribution is 5.86. The van der Waals surface area contributed by atoms with Crippen molar-refractivity contribution in [3.05, 3.63) is 107 Å². The lowest BCUT2D eigenvalue weighted by molar-refractivity contribution is -0.122. The lowest BCUT2D eigenvalue weighted by atomic mass is 10.0. The van der Waals surface area contributed by atoms with Gasteiger partial charge in [0.25, 0.3) is 5.91 Å². The molecule has 1 aromatic heterocycles. The molecule has 0 spiro atoms. The largest absolute Gasteiger partial charge is 0.507 e. The summed E-state index contributed by atoms with van der Waals surface area (Å²) in [6.45, 7) is 9.82. The fourth-order valence-electron chi connectivity index (χ4n) is 4.78. The molecule has 45 heavy (non-hydrogen) atoms. The first kappa shape index (κ1) is 33.3. The van der Waals surface area contributed by atoms with Crippen LogP contribution < -0.4 is 10.2 Å². The Kier molecular flexibility index (Phi) is 11.8. The van der Waals surface area contributed by atoms with E-state index in [1.807, 2.05) is 43.3 Å². The number of phenols is 1. The molecule has 0 saturated carbocycles. The molecule has 0 atom stereocenters. The zero-order chi connectivity index (χ0) is 30.9. The van der Waals surface area contributed by atoms with E-state index in [1.54, 1.807) is 18.2 Å². The molecule has 1 aliphatic rings. The van der Waals surface area contributed by atoms with Gasteiger partial charge in [0, 0.05) is 37.3 Å². The Hall–Kier alpha value is -4.58. The number of hydrogen-bond donors (Lipinski definition) is 2. The van der Waals surface area contributed by atoms with E-state index in [4.69, 9.17) is 9.26 Å². The maximum atomic E-state index is 13.1. The average molecular weight is 635 g/mol. The van der Waals surface area contributed by atoms with Gasteiger partial charge in [-0.2, -0.15) is 10.1 Å². The van der Waals surface area contributed by atoms with Crippen LogP contribution in [0.25, 0.3) is 11.4 Å². The number of rotatable bonds is 12. The molecule has 1 amide bonds. The smallest absolute Gasteiger partial charge is 0.254 e. The minimum Gasteiger partial charge on any atom is -0.507 e. The molecule has 0 unspecified atom stereocenters. The Bertz CT molecular complexity index is 1600. The molecule has 2 N–H and O–H groups in total. The number of benzene rings is 3. The van der Waals surface area contributed by atoms with Crippen LogP contribution in [-0.4, -0.2) is 69.9 Å². The predicted molar refractivity (Wildman–Crippen MR) is 172 cm³/mol. The van der Waals surface area contributed by atoms with Crippen molar-refractivity contribution in [1.29, 1.82) is 0 Å². The van der Waals surface area contributed by atoms with E-state index in [0.29, 0.717) is 55.7 Å². The van der Waals surface area contributed by atoms with E-state index in [-0.39, 0.29) is 36.4 Å². The van der Waals surface area contributed by atoms with Crippen LogP contribution in [0.5, 0.6) is 11.5 Å². The monoisotopic (exact) mass is 634 g/mol. The second-order valence-electron chi connectivity index (χ2n) is 10.8. The molecule has 1 fully saturated rings. The third kappa shape index (κ3) is 9.70. The number of halogens is 2. The second-order valence-corrected chi connectivity index (χ2v) is 10.8. The van der Waals surface area contributed by atoms with Gasteiger partial charge in [0.2, 0.25) is 11.7 Å². The Labute approximate surface area is 267 Å². The third-order valence-corrected chi connectivity index (χ3v) is 7.13. The Morgan fingerprint density at radius 1 is 1.09 bits per heavy atom. The zero-order valence-electron chi connectivity index (χ0n) is 25.0. The van der Waals surface area contributed by atoms with Gasteiger partial charge >= 0.3 is 0 Å². The number of nitrogens with one attached hydrogen (secondary N) is 1. The van der Waals surface area contributed by atoms with Crippen LogP contribution in [0.3, 0.4) is 0 Å². The van der Waals surface area contributed by atoms with Crippen LogP contribution in [0.4, 0.5) is 4.39 Å². The number of carbonyl (C=O) groups is 1. The van der Waals surface area contributed by atoms with Gasteiger partial charge in [0.05, 0.1) is 19.3 Å². The molecule has 236 valence electrons. The average Bonchev–Trinajstić information content (AvgIpc) is 3.48. The third-order valence-electron chi connectivity index (χ3n) is 7.13. The van der Waals surface area contributed by atoms with Crippen molar-refractivity contribution < 1.29 is 23.6 Å². The van der Waals surface area contributed by atoms with Crippen molar-refractivity contribution >= 4 is 24.5 Å². The Balaban J connectivity index is 0.00000461. The minimum atomic E-state index is -0.300. The van der Waals surface area contributed by atoms with Crippen molar-refractivity contribution in [1.82, 2.24) is 25.4 Å². The van der Waals surface area contributed by atoms with Gasteiger partial charge in [0.1, 0.15) is 23.9 Å². The van der Waals surface area contributed by atoms with E-state index in [1.165, 1.54) is 18.3 Å². The molecular weight excluding hydrogens is 599 g/mol.